The van der Waals surface area contributed by atoms with Crippen molar-refractivity contribution in [3.8, 4) is 0 Å². The minimum Gasteiger partial charge on any atom is -0.394 e. The summed E-state index contributed by atoms with van der Waals surface area (Å²) < 4.78 is 10.1. The average molecular weight is 192 g/mol. The highest BCUT2D eigenvalue weighted by Crippen LogP contribution is 2.25. The van der Waals surface area contributed by atoms with Crippen LogP contribution in [0.2, 0.25) is 0 Å². The number of hydrogen-bond acceptors (Lipinski definition) is 5. The smallest absolute Gasteiger partial charge is 0.162 e. The topological polar surface area (TPSA) is 79.2 Å². The van der Waals surface area contributed by atoms with Gasteiger partial charge in [-0.05, 0) is 0 Å². The van der Waals surface area contributed by atoms with Gasteiger partial charge < -0.3 is 24.8 Å². The summed E-state index contributed by atoms with van der Waals surface area (Å²) in [6.07, 6.45) is -3.31. The van der Waals surface area contributed by atoms with E-state index in [1.54, 1.807) is 6.92 Å². The van der Waals surface area contributed by atoms with Crippen LogP contribution in [0.5, 0.6) is 0 Å². The predicted octanol–water partition coefficient (Wildman–Crippen LogP) is -1.29. The molecular formula is C8H16O5. The Hall–Kier alpha value is -0.200. The molecule has 3 N–H and O–H groups in total. The van der Waals surface area contributed by atoms with E-state index in [-0.39, 0.29) is 12.5 Å². The standard InChI is InChI=1S/C8H16O5/c1-4-6(10)7(11)5(3-9)13-8(4)12-2/h4-11H,3H2,1-2H3/t4-,5-,6-,7+,8+/m1/s1. The zero-order valence-electron chi connectivity index (χ0n) is 7.75. The molecule has 13 heavy (non-hydrogen) atoms. The quantitative estimate of drug-likeness (QED) is 0.507. The third-order valence-electron chi connectivity index (χ3n) is 2.42. The van der Waals surface area contributed by atoms with Crippen LogP contribution in [0.4, 0.5) is 0 Å². The van der Waals surface area contributed by atoms with E-state index in [2.05, 4.69) is 0 Å². The fraction of sp³-hybridized carbons (Fsp3) is 1.00. The van der Waals surface area contributed by atoms with Gasteiger partial charge in [0.25, 0.3) is 0 Å². The van der Waals surface area contributed by atoms with Crippen LogP contribution >= 0.6 is 0 Å². The number of aliphatic hydroxyl groups is 3. The molecule has 1 aliphatic rings. The van der Waals surface area contributed by atoms with Gasteiger partial charge in [-0.25, -0.2) is 0 Å². The number of ether oxygens (including phenoxy) is 2. The first-order valence-corrected chi connectivity index (χ1v) is 4.27. The zero-order valence-corrected chi connectivity index (χ0v) is 7.75. The molecule has 0 saturated carbocycles. The van der Waals surface area contributed by atoms with Gasteiger partial charge in [-0.1, -0.05) is 6.92 Å². The van der Waals surface area contributed by atoms with E-state index in [0.717, 1.165) is 0 Å². The molecule has 0 amide bonds. The molecule has 5 nitrogen and oxygen atoms in total. The van der Waals surface area contributed by atoms with E-state index in [4.69, 9.17) is 14.6 Å². The number of hydrogen-bond donors (Lipinski definition) is 3. The van der Waals surface area contributed by atoms with E-state index in [9.17, 15) is 10.2 Å². The molecule has 1 rings (SSSR count). The molecule has 78 valence electrons. The van der Waals surface area contributed by atoms with Gasteiger partial charge in [0, 0.05) is 13.0 Å². The van der Waals surface area contributed by atoms with Gasteiger partial charge in [0.1, 0.15) is 12.2 Å². The summed E-state index contributed by atoms with van der Waals surface area (Å²) in [4.78, 5) is 0. The number of aliphatic hydroxyl groups excluding tert-OH is 3. The molecule has 0 aromatic rings. The van der Waals surface area contributed by atoms with E-state index >= 15 is 0 Å². The van der Waals surface area contributed by atoms with Crippen molar-refractivity contribution in [1.29, 1.82) is 0 Å². The lowest BCUT2D eigenvalue weighted by molar-refractivity contribution is -0.274. The van der Waals surface area contributed by atoms with Crippen LogP contribution < -0.4 is 0 Å². The molecule has 0 aromatic carbocycles. The van der Waals surface area contributed by atoms with E-state index < -0.39 is 24.6 Å². The summed E-state index contributed by atoms with van der Waals surface area (Å²) in [5.41, 5.74) is 0. The molecule has 5 atom stereocenters. The fourth-order valence-corrected chi connectivity index (χ4v) is 1.49. The van der Waals surface area contributed by atoms with Crippen molar-refractivity contribution in [3.05, 3.63) is 0 Å². The summed E-state index contributed by atoms with van der Waals surface area (Å²) in [6, 6.07) is 0. The van der Waals surface area contributed by atoms with Gasteiger partial charge >= 0.3 is 0 Å². The second-order valence-electron chi connectivity index (χ2n) is 3.30. The molecule has 1 fully saturated rings. The van der Waals surface area contributed by atoms with Crippen LogP contribution in [-0.2, 0) is 9.47 Å². The van der Waals surface area contributed by atoms with E-state index in [1.807, 2.05) is 0 Å². The molecule has 0 aromatic heterocycles. The Kier molecular flexibility index (Phi) is 3.63. The first-order chi connectivity index (χ1) is 6.11. The Labute approximate surface area is 76.9 Å². The lowest BCUT2D eigenvalue weighted by Gasteiger charge is -2.40. The summed E-state index contributed by atoms with van der Waals surface area (Å²) >= 11 is 0. The molecule has 0 bridgehead atoms. The first kappa shape index (κ1) is 10.9. The molecule has 0 aliphatic carbocycles. The third kappa shape index (κ3) is 2.00. The highest BCUT2D eigenvalue weighted by Gasteiger charge is 2.41. The highest BCUT2D eigenvalue weighted by molar-refractivity contribution is 4.86. The van der Waals surface area contributed by atoms with Crippen molar-refractivity contribution in [1.82, 2.24) is 0 Å². The van der Waals surface area contributed by atoms with Crippen LogP contribution in [-0.4, -0.2) is 53.6 Å². The second kappa shape index (κ2) is 4.34. The molecular weight excluding hydrogens is 176 g/mol. The minimum absolute atomic E-state index is 0.303. The maximum Gasteiger partial charge on any atom is 0.162 e. The van der Waals surface area contributed by atoms with E-state index in [0.29, 0.717) is 0 Å². The summed E-state index contributed by atoms with van der Waals surface area (Å²) in [5.74, 6) is -0.303. The normalized spacial score (nSPS) is 46.4. The Morgan fingerprint density at radius 2 is 1.92 bits per heavy atom. The van der Waals surface area contributed by atoms with Gasteiger partial charge in [0.15, 0.2) is 6.29 Å². The van der Waals surface area contributed by atoms with Gasteiger partial charge in [-0.2, -0.15) is 0 Å². The molecule has 1 saturated heterocycles. The van der Waals surface area contributed by atoms with Crippen molar-refractivity contribution in [3.63, 3.8) is 0 Å². The third-order valence-corrected chi connectivity index (χ3v) is 2.42. The summed E-state index contributed by atoms with van der Waals surface area (Å²) in [5, 5.41) is 27.8. The van der Waals surface area contributed by atoms with E-state index in [1.165, 1.54) is 7.11 Å². The van der Waals surface area contributed by atoms with Crippen molar-refractivity contribution >= 4 is 0 Å². The van der Waals surface area contributed by atoms with Crippen LogP contribution in [0.1, 0.15) is 6.92 Å². The lowest BCUT2D eigenvalue weighted by atomic mass is 9.93. The maximum atomic E-state index is 9.53. The van der Waals surface area contributed by atoms with Gasteiger partial charge in [-0.15, -0.1) is 0 Å². The SMILES string of the molecule is CO[C@H]1O[C@H](CO)[C@H](O)[C@H](O)[C@H]1C. The fourth-order valence-electron chi connectivity index (χ4n) is 1.49. The molecule has 1 aliphatic heterocycles. The average Bonchev–Trinajstić information content (AvgIpc) is 2.15. The van der Waals surface area contributed by atoms with Gasteiger partial charge in [-0.3, -0.25) is 0 Å². The Morgan fingerprint density at radius 1 is 1.31 bits per heavy atom. The summed E-state index contributed by atoms with van der Waals surface area (Å²) in [6.45, 7) is 1.39. The van der Waals surface area contributed by atoms with Crippen LogP contribution in [0, 0.1) is 5.92 Å². The van der Waals surface area contributed by atoms with Crippen LogP contribution in [0.15, 0.2) is 0 Å². The molecule has 0 radical (unpaired) electrons. The molecule has 1 heterocycles. The number of methoxy groups -OCH3 is 1. The number of rotatable bonds is 2. The summed E-state index contributed by atoms with van der Waals surface area (Å²) in [7, 11) is 1.46. The Bertz CT molecular complexity index is 143. The lowest BCUT2D eigenvalue weighted by Crippen LogP contribution is -2.55. The van der Waals surface area contributed by atoms with Crippen molar-refractivity contribution in [2.45, 2.75) is 31.5 Å². The Morgan fingerprint density at radius 3 is 2.38 bits per heavy atom. The van der Waals surface area contributed by atoms with Gasteiger partial charge in [0.2, 0.25) is 0 Å². The molecule has 0 spiro atoms. The first-order valence-electron chi connectivity index (χ1n) is 4.27. The predicted molar refractivity (Wildman–Crippen MR) is 43.9 cm³/mol. The monoisotopic (exact) mass is 192 g/mol. The minimum atomic E-state index is -1.05. The van der Waals surface area contributed by atoms with Crippen molar-refractivity contribution < 1.29 is 24.8 Å². The second-order valence-corrected chi connectivity index (χ2v) is 3.30. The highest BCUT2D eigenvalue weighted by atomic mass is 16.7. The van der Waals surface area contributed by atoms with Gasteiger partial charge in [0.05, 0.1) is 12.7 Å². The van der Waals surface area contributed by atoms with Crippen molar-refractivity contribution in [2.24, 2.45) is 5.92 Å². The zero-order chi connectivity index (χ0) is 10.0. The molecule has 5 heteroatoms. The van der Waals surface area contributed by atoms with Crippen LogP contribution in [0.3, 0.4) is 0 Å². The Balaban J connectivity index is 2.66. The largest absolute Gasteiger partial charge is 0.394 e. The maximum absolute atomic E-state index is 9.53. The molecule has 0 unspecified atom stereocenters. The van der Waals surface area contributed by atoms with Crippen LogP contribution in [0.25, 0.3) is 0 Å². The van der Waals surface area contributed by atoms with Crippen molar-refractivity contribution in [2.75, 3.05) is 13.7 Å².